The Morgan fingerprint density at radius 1 is 0.900 bits per heavy atom. The van der Waals surface area contributed by atoms with E-state index < -0.39 is 5.97 Å². The first-order chi connectivity index (χ1) is 14.5. The molecule has 0 fully saturated rings. The van der Waals surface area contributed by atoms with Crippen LogP contribution in [0, 0.1) is 0 Å². The molecule has 3 nitrogen and oxygen atoms in total. The van der Waals surface area contributed by atoms with Crippen LogP contribution >= 0.6 is 11.6 Å². The lowest BCUT2D eigenvalue weighted by atomic mass is 9.89. The second-order valence-electron chi connectivity index (χ2n) is 6.97. The zero-order chi connectivity index (χ0) is 21.3. The lowest BCUT2D eigenvalue weighted by Crippen LogP contribution is -2.16. The van der Waals surface area contributed by atoms with E-state index in [0.29, 0.717) is 17.0 Å². The van der Waals surface area contributed by atoms with E-state index in [4.69, 9.17) is 16.3 Å². The molecule has 3 rings (SSSR count). The Morgan fingerprint density at radius 2 is 1.50 bits per heavy atom. The van der Waals surface area contributed by atoms with Gasteiger partial charge in [0, 0.05) is 10.9 Å². The molecule has 0 aliphatic carbocycles. The molecule has 0 aromatic heterocycles. The second-order valence-corrected chi connectivity index (χ2v) is 7.40. The number of halogens is 1. The third-order valence-electron chi connectivity index (χ3n) is 4.80. The molecule has 3 aromatic carbocycles. The van der Waals surface area contributed by atoms with Gasteiger partial charge in [-0.3, -0.25) is 4.79 Å². The largest absolute Gasteiger partial charge is 0.462 e. The van der Waals surface area contributed by atoms with E-state index in [9.17, 15) is 9.59 Å². The first kappa shape index (κ1) is 21.5. The highest BCUT2D eigenvalue weighted by atomic mass is 35.5. The summed E-state index contributed by atoms with van der Waals surface area (Å²) in [6, 6.07) is 27.2. The van der Waals surface area contributed by atoms with Gasteiger partial charge in [-0.2, -0.15) is 0 Å². The molecule has 0 unspecified atom stereocenters. The number of benzene rings is 3. The number of Topliss-reactive ketones (excluding diaryl/α,β-unsaturated/α-hetero) is 1. The fourth-order valence-corrected chi connectivity index (χ4v) is 3.51. The zero-order valence-electron chi connectivity index (χ0n) is 16.8. The van der Waals surface area contributed by atoms with Crippen molar-refractivity contribution in [1.82, 2.24) is 0 Å². The van der Waals surface area contributed by atoms with E-state index in [2.05, 4.69) is 24.3 Å². The van der Waals surface area contributed by atoms with Gasteiger partial charge in [-0.25, -0.2) is 4.79 Å². The standard InChI is InChI=1S/C26H23ClO3/c1-19(28)25(18-20-9-8-14-23(27)17-20)26(29)30-16-15-24(21-10-4-2-5-11-21)22-12-6-3-7-13-22/h2-14,17-18,24H,15-16H2,1H3. The molecule has 152 valence electrons. The van der Waals surface area contributed by atoms with E-state index in [0.717, 1.165) is 11.1 Å². The van der Waals surface area contributed by atoms with Gasteiger partial charge in [0.05, 0.1) is 6.61 Å². The van der Waals surface area contributed by atoms with Crippen molar-refractivity contribution in [2.75, 3.05) is 6.61 Å². The Balaban J connectivity index is 1.72. The third kappa shape index (κ3) is 5.91. The van der Waals surface area contributed by atoms with Gasteiger partial charge in [0.15, 0.2) is 5.78 Å². The summed E-state index contributed by atoms with van der Waals surface area (Å²) in [6.45, 7) is 1.56. The van der Waals surface area contributed by atoms with Crippen LogP contribution in [0.5, 0.6) is 0 Å². The molecular formula is C26H23ClO3. The quantitative estimate of drug-likeness (QED) is 0.193. The third-order valence-corrected chi connectivity index (χ3v) is 5.04. The Bertz CT molecular complexity index is 987. The maximum absolute atomic E-state index is 12.6. The van der Waals surface area contributed by atoms with Crippen molar-refractivity contribution in [3.63, 3.8) is 0 Å². The summed E-state index contributed by atoms with van der Waals surface area (Å²) in [7, 11) is 0. The van der Waals surface area contributed by atoms with Gasteiger partial charge in [0.25, 0.3) is 0 Å². The number of carbonyl (C=O) groups excluding carboxylic acids is 2. The molecule has 0 heterocycles. The smallest absolute Gasteiger partial charge is 0.341 e. The van der Waals surface area contributed by atoms with Crippen LogP contribution in [0.4, 0.5) is 0 Å². The lowest BCUT2D eigenvalue weighted by Gasteiger charge is -2.18. The van der Waals surface area contributed by atoms with Crippen molar-refractivity contribution >= 4 is 29.4 Å². The summed E-state index contributed by atoms with van der Waals surface area (Å²) in [5.41, 5.74) is 2.99. The van der Waals surface area contributed by atoms with Crippen LogP contribution in [0.1, 0.15) is 36.0 Å². The number of esters is 1. The molecular weight excluding hydrogens is 396 g/mol. The molecule has 0 atom stereocenters. The summed E-state index contributed by atoms with van der Waals surface area (Å²) in [5.74, 6) is -0.872. The van der Waals surface area contributed by atoms with Crippen LogP contribution in [-0.4, -0.2) is 18.4 Å². The van der Waals surface area contributed by atoms with Crippen LogP contribution in [0.15, 0.2) is 90.5 Å². The highest BCUT2D eigenvalue weighted by molar-refractivity contribution is 6.30. The van der Waals surface area contributed by atoms with Crippen molar-refractivity contribution in [1.29, 1.82) is 0 Å². The van der Waals surface area contributed by atoms with Crippen LogP contribution in [-0.2, 0) is 14.3 Å². The van der Waals surface area contributed by atoms with Gasteiger partial charge in [-0.1, -0.05) is 84.4 Å². The van der Waals surface area contributed by atoms with Gasteiger partial charge in [0.1, 0.15) is 5.57 Å². The van der Waals surface area contributed by atoms with E-state index in [1.54, 1.807) is 24.3 Å². The topological polar surface area (TPSA) is 43.4 Å². The van der Waals surface area contributed by atoms with E-state index in [1.807, 2.05) is 36.4 Å². The van der Waals surface area contributed by atoms with Crippen molar-refractivity contribution in [2.24, 2.45) is 0 Å². The Kier molecular flexibility index (Phi) is 7.58. The number of hydrogen-bond donors (Lipinski definition) is 0. The van der Waals surface area contributed by atoms with E-state index in [-0.39, 0.29) is 23.9 Å². The molecule has 0 amide bonds. The first-order valence-electron chi connectivity index (χ1n) is 9.80. The monoisotopic (exact) mass is 418 g/mol. The molecule has 0 aliphatic heterocycles. The van der Waals surface area contributed by atoms with Crippen LogP contribution < -0.4 is 0 Å². The van der Waals surface area contributed by atoms with Crippen LogP contribution in [0.2, 0.25) is 5.02 Å². The number of ether oxygens (including phenoxy) is 1. The summed E-state index contributed by atoms with van der Waals surface area (Å²) in [5, 5.41) is 0.536. The molecule has 0 radical (unpaired) electrons. The number of hydrogen-bond acceptors (Lipinski definition) is 3. The minimum absolute atomic E-state index is 0.00763. The molecule has 3 aromatic rings. The molecule has 0 saturated carbocycles. The van der Waals surface area contributed by atoms with Gasteiger partial charge in [0.2, 0.25) is 0 Å². The first-order valence-corrected chi connectivity index (χ1v) is 10.2. The summed E-state index contributed by atoms with van der Waals surface area (Å²) in [6.07, 6.45) is 2.13. The molecule has 0 bridgehead atoms. The maximum atomic E-state index is 12.6. The van der Waals surface area contributed by atoms with Gasteiger partial charge >= 0.3 is 5.97 Å². The van der Waals surface area contributed by atoms with Gasteiger partial charge in [-0.05, 0) is 48.2 Å². The van der Waals surface area contributed by atoms with Gasteiger partial charge < -0.3 is 4.74 Å². The fourth-order valence-electron chi connectivity index (χ4n) is 3.31. The molecule has 0 N–H and O–H groups in total. The van der Waals surface area contributed by atoms with Crippen LogP contribution in [0.3, 0.4) is 0 Å². The average molecular weight is 419 g/mol. The van der Waals surface area contributed by atoms with Crippen molar-refractivity contribution in [3.05, 3.63) is 112 Å². The minimum Gasteiger partial charge on any atom is -0.462 e. The Hall–Kier alpha value is -3.17. The molecule has 0 aliphatic rings. The van der Waals surface area contributed by atoms with E-state index in [1.165, 1.54) is 13.0 Å². The predicted octanol–water partition coefficient (Wildman–Crippen LogP) is 6.08. The molecule has 0 spiro atoms. The Morgan fingerprint density at radius 3 is 2.03 bits per heavy atom. The second kappa shape index (κ2) is 10.6. The van der Waals surface area contributed by atoms with Crippen molar-refractivity contribution in [3.8, 4) is 0 Å². The maximum Gasteiger partial charge on any atom is 0.341 e. The lowest BCUT2D eigenvalue weighted by molar-refractivity contribution is -0.140. The Labute approximate surface area is 182 Å². The normalized spacial score (nSPS) is 11.4. The van der Waals surface area contributed by atoms with E-state index >= 15 is 0 Å². The SMILES string of the molecule is CC(=O)C(=Cc1cccc(Cl)c1)C(=O)OCCC(c1ccccc1)c1ccccc1. The van der Waals surface area contributed by atoms with Crippen molar-refractivity contribution < 1.29 is 14.3 Å². The van der Waals surface area contributed by atoms with Crippen molar-refractivity contribution in [2.45, 2.75) is 19.3 Å². The average Bonchev–Trinajstić information content (AvgIpc) is 2.76. The predicted molar refractivity (Wildman–Crippen MR) is 120 cm³/mol. The molecule has 4 heteroatoms. The number of carbonyl (C=O) groups is 2. The van der Waals surface area contributed by atoms with Gasteiger partial charge in [-0.15, -0.1) is 0 Å². The van der Waals surface area contributed by atoms with Crippen LogP contribution in [0.25, 0.3) is 6.08 Å². The number of ketones is 1. The minimum atomic E-state index is -0.623. The summed E-state index contributed by atoms with van der Waals surface area (Å²) >= 11 is 5.99. The summed E-state index contributed by atoms with van der Waals surface area (Å²) < 4.78 is 5.48. The molecule has 0 saturated heterocycles. The highest BCUT2D eigenvalue weighted by Crippen LogP contribution is 2.28. The highest BCUT2D eigenvalue weighted by Gasteiger charge is 2.19. The fraction of sp³-hybridized carbons (Fsp3) is 0.154. The number of rotatable bonds is 8. The zero-order valence-corrected chi connectivity index (χ0v) is 17.5. The molecule has 30 heavy (non-hydrogen) atoms. The summed E-state index contributed by atoms with van der Waals surface area (Å²) in [4.78, 5) is 24.6.